The SMILES string of the molecule is CN(C)CCn1c(=O)oc2ccc(NC(=O)c3c(Br)c4ccccc4n3C)cc21. The van der Waals surface area contributed by atoms with Gasteiger partial charge >= 0.3 is 5.76 Å². The van der Waals surface area contributed by atoms with Crippen molar-refractivity contribution in [2.24, 2.45) is 7.05 Å². The molecule has 29 heavy (non-hydrogen) atoms. The van der Waals surface area contributed by atoms with Crippen LogP contribution in [0.1, 0.15) is 10.5 Å². The predicted molar refractivity (Wildman–Crippen MR) is 118 cm³/mol. The van der Waals surface area contributed by atoms with Crippen molar-refractivity contribution in [2.45, 2.75) is 6.54 Å². The van der Waals surface area contributed by atoms with Gasteiger partial charge in [0, 0.05) is 36.7 Å². The third-order valence-electron chi connectivity index (χ3n) is 4.96. The summed E-state index contributed by atoms with van der Waals surface area (Å²) >= 11 is 3.56. The van der Waals surface area contributed by atoms with Gasteiger partial charge in [-0.05, 0) is 54.3 Å². The Morgan fingerprint density at radius 1 is 1.17 bits per heavy atom. The fraction of sp³-hybridized carbons (Fsp3) is 0.238. The van der Waals surface area contributed by atoms with Gasteiger partial charge in [0.25, 0.3) is 5.91 Å². The van der Waals surface area contributed by atoms with Crippen LogP contribution in [0.25, 0.3) is 22.0 Å². The Morgan fingerprint density at radius 2 is 1.93 bits per heavy atom. The van der Waals surface area contributed by atoms with Crippen LogP contribution in [0.2, 0.25) is 0 Å². The molecular formula is C21H21BrN4O3. The number of carbonyl (C=O) groups excluding carboxylic acids is 1. The molecule has 0 radical (unpaired) electrons. The van der Waals surface area contributed by atoms with Gasteiger partial charge in [-0.15, -0.1) is 0 Å². The van der Waals surface area contributed by atoms with Crippen molar-refractivity contribution >= 4 is 49.5 Å². The number of likely N-dealkylation sites (N-methyl/N-ethyl adjacent to an activating group) is 1. The number of benzene rings is 2. The fourth-order valence-corrected chi connectivity index (χ4v) is 4.22. The summed E-state index contributed by atoms with van der Waals surface area (Å²) in [6, 6.07) is 13.0. The zero-order valence-corrected chi connectivity index (χ0v) is 18.0. The first-order valence-electron chi connectivity index (χ1n) is 9.19. The molecule has 0 saturated carbocycles. The third kappa shape index (κ3) is 3.49. The van der Waals surface area contributed by atoms with Crippen LogP contribution in [0.3, 0.4) is 0 Å². The number of aryl methyl sites for hydroxylation is 1. The number of nitrogens with zero attached hydrogens (tertiary/aromatic N) is 3. The minimum Gasteiger partial charge on any atom is -0.408 e. The summed E-state index contributed by atoms with van der Waals surface area (Å²) in [6.07, 6.45) is 0. The Bertz CT molecular complexity index is 1240. The van der Waals surface area contributed by atoms with Gasteiger partial charge in [-0.1, -0.05) is 18.2 Å². The first kappa shape index (κ1) is 19.5. The first-order chi connectivity index (χ1) is 13.9. The highest BCUT2D eigenvalue weighted by atomic mass is 79.9. The number of anilines is 1. The fourth-order valence-electron chi connectivity index (χ4n) is 3.44. The number of oxazole rings is 1. The van der Waals surface area contributed by atoms with Gasteiger partial charge in [0.05, 0.1) is 9.99 Å². The summed E-state index contributed by atoms with van der Waals surface area (Å²) in [7, 11) is 5.75. The Balaban J connectivity index is 1.68. The lowest BCUT2D eigenvalue weighted by Gasteiger charge is -2.10. The maximum atomic E-state index is 13.0. The first-order valence-corrected chi connectivity index (χ1v) is 9.98. The summed E-state index contributed by atoms with van der Waals surface area (Å²) < 4.78 is 9.51. The topological polar surface area (TPSA) is 72.4 Å². The van der Waals surface area contributed by atoms with Gasteiger partial charge in [0.2, 0.25) is 0 Å². The Labute approximate surface area is 175 Å². The van der Waals surface area contributed by atoms with E-state index in [1.54, 1.807) is 22.8 Å². The standard InChI is InChI=1S/C21H21BrN4O3/c1-24(2)10-11-26-16-12-13(8-9-17(16)29-21(26)28)23-20(27)19-18(22)14-6-4-5-7-15(14)25(19)3/h4-9,12H,10-11H2,1-3H3,(H,23,27). The van der Waals surface area contributed by atoms with Crippen LogP contribution >= 0.6 is 15.9 Å². The summed E-state index contributed by atoms with van der Waals surface area (Å²) in [5, 5.41) is 3.91. The van der Waals surface area contributed by atoms with E-state index >= 15 is 0 Å². The van der Waals surface area contributed by atoms with Gasteiger partial charge in [-0.3, -0.25) is 9.36 Å². The van der Waals surface area contributed by atoms with Crippen molar-refractivity contribution in [3.05, 3.63) is 63.2 Å². The molecule has 0 saturated heterocycles. The molecule has 2 aromatic carbocycles. The van der Waals surface area contributed by atoms with E-state index in [0.717, 1.165) is 15.4 Å². The summed E-state index contributed by atoms with van der Waals surface area (Å²) in [4.78, 5) is 27.2. The van der Waals surface area contributed by atoms with Crippen LogP contribution in [0.15, 0.2) is 56.1 Å². The number of rotatable bonds is 5. The molecule has 2 heterocycles. The number of para-hydroxylation sites is 1. The molecule has 4 rings (SSSR count). The van der Waals surface area contributed by atoms with Gasteiger partial charge < -0.3 is 19.2 Å². The minimum atomic E-state index is -0.401. The number of fused-ring (bicyclic) bond motifs is 2. The average molecular weight is 457 g/mol. The molecule has 0 aliphatic heterocycles. The molecule has 1 amide bonds. The van der Waals surface area contributed by atoms with E-state index in [-0.39, 0.29) is 5.91 Å². The molecule has 0 aliphatic carbocycles. The van der Waals surface area contributed by atoms with Crippen molar-refractivity contribution in [3.63, 3.8) is 0 Å². The Hall–Kier alpha value is -2.84. The third-order valence-corrected chi connectivity index (χ3v) is 5.76. The van der Waals surface area contributed by atoms with Crippen molar-refractivity contribution in [3.8, 4) is 0 Å². The number of aromatic nitrogens is 2. The molecule has 150 valence electrons. The molecule has 0 aliphatic rings. The molecule has 0 bridgehead atoms. The van der Waals surface area contributed by atoms with E-state index in [0.29, 0.717) is 35.6 Å². The molecule has 4 aromatic rings. The second-order valence-corrected chi connectivity index (χ2v) is 7.99. The smallest absolute Gasteiger partial charge is 0.408 e. The summed E-state index contributed by atoms with van der Waals surface area (Å²) in [5.41, 5.74) is 3.25. The maximum absolute atomic E-state index is 13.0. The van der Waals surface area contributed by atoms with E-state index in [1.165, 1.54) is 0 Å². The van der Waals surface area contributed by atoms with Crippen LogP contribution in [-0.4, -0.2) is 40.6 Å². The van der Waals surface area contributed by atoms with E-state index < -0.39 is 5.76 Å². The van der Waals surface area contributed by atoms with Crippen LogP contribution < -0.4 is 11.1 Å². The molecule has 0 unspecified atom stereocenters. The Kier molecular flexibility index (Phi) is 5.06. The zero-order valence-electron chi connectivity index (χ0n) is 16.4. The molecule has 0 spiro atoms. The lowest BCUT2D eigenvalue weighted by Crippen LogP contribution is -2.23. The lowest BCUT2D eigenvalue weighted by molar-refractivity contribution is 0.101. The normalized spacial score (nSPS) is 11.6. The molecule has 7 nitrogen and oxygen atoms in total. The van der Waals surface area contributed by atoms with Crippen molar-refractivity contribution in [1.82, 2.24) is 14.0 Å². The van der Waals surface area contributed by atoms with Crippen LogP contribution in [0.5, 0.6) is 0 Å². The maximum Gasteiger partial charge on any atom is 0.419 e. The zero-order chi connectivity index (χ0) is 20.7. The minimum absolute atomic E-state index is 0.236. The molecule has 8 heteroatoms. The average Bonchev–Trinajstić information content (AvgIpc) is 3.13. The summed E-state index contributed by atoms with van der Waals surface area (Å²) in [6.45, 7) is 1.21. The number of nitrogens with one attached hydrogen (secondary N) is 1. The largest absolute Gasteiger partial charge is 0.419 e. The van der Waals surface area contributed by atoms with Crippen LogP contribution in [0.4, 0.5) is 5.69 Å². The second-order valence-electron chi connectivity index (χ2n) is 7.20. The van der Waals surface area contributed by atoms with Gasteiger partial charge in [0.15, 0.2) is 5.58 Å². The van der Waals surface area contributed by atoms with Crippen molar-refractivity contribution in [2.75, 3.05) is 26.0 Å². The van der Waals surface area contributed by atoms with E-state index in [2.05, 4.69) is 21.2 Å². The predicted octanol–water partition coefficient (Wildman–Crippen LogP) is 3.66. The van der Waals surface area contributed by atoms with Crippen molar-refractivity contribution in [1.29, 1.82) is 0 Å². The summed E-state index contributed by atoms with van der Waals surface area (Å²) in [5.74, 6) is -0.637. The van der Waals surface area contributed by atoms with Crippen molar-refractivity contribution < 1.29 is 9.21 Å². The van der Waals surface area contributed by atoms with E-state index in [9.17, 15) is 9.59 Å². The quantitative estimate of drug-likeness (QED) is 0.497. The van der Waals surface area contributed by atoms with Crippen LogP contribution in [0, 0.1) is 0 Å². The van der Waals surface area contributed by atoms with E-state index in [1.807, 2.05) is 54.9 Å². The number of amides is 1. The molecule has 0 fully saturated rings. The van der Waals surface area contributed by atoms with Gasteiger partial charge in [-0.25, -0.2) is 4.79 Å². The number of carbonyl (C=O) groups is 1. The molecule has 1 N–H and O–H groups in total. The van der Waals surface area contributed by atoms with Gasteiger partial charge in [-0.2, -0.15) is 0 Å². The van der Waals surface area contributed by atoms with E-state index in [4.69, 9.17) is 4.42 Å². The highest BCUT2D eigenvalue weighted by Gasteiger charge is 2.20. The number of hydrogen-bond donors (Lipinski definition) is 1. The molecule has 0 atom stereocenters. The highest BCUT2D eigenvalue weighted by Crippen LogP contribution is 2.31. The van der Waals surface area contributed by atoms with Crippen LogP contribution in [-0.2, 0) is 13.6 Å². The Morgan fingerprint density at radius 3 is 2.66 bits per heavy atom. The molecular weight excluding hydrogens is 436 g/mol. The molecule has 2 aromatic heterocycles. The second kappa shape index (κ2) is 7.53. The number of halogens is 1. The highest BCUT2D eigenvalue weighted by molar-refractivity contribution is 9.10. The van der Waals surface area contributed by atoms with Gasteiger partial charge in [0.1, 0.15) is 5.69 Å². The number of hydrogen-bond acceptors (Lipinski definition) is 4. The monoisotopic (exact) mass is 456 g/mol. The lowest BCUT2D eigenvalue weighted by atomic mass is 10.2.